The van der Waals surface area contributed by atoms with E-state index in [-0.39, 0.29) is 0 Å². The van der Waals surface area contributed by atoms with Gasteiger partial charge in [-0.3, -0.25) is 0 Å². The third kappa shape index (κ3) is 1.68. The largest absolute Gasteiger partial charge is 0.458 e. The molecule has 0 rings (SSSR count). The molecule has 0 aromatic heterocycles. The molecule has 0 fully saturated rings. The molecule has 0 heterocycles. The molecule has 0 aliphatic carbocycles. The molecule has 0 bridgehead atoms. The van der Waals surface area contributed by atoms with Crippen LogP contribution in [0.5, 0.6) is 0 Å². The number of hydrogen-bond acceptors (Lipinski definition) is 0. The van der Waals surface area contributed by atoms with Gasteiger partial charge in [0.05, 0.1) is 4.48 Å². The normalized spacial score (nSPS) is 13.4. The van der Waals surface area contributed by atoms with Crippen LogP contribution in [0.3, 0.4) is 0 Å². The highest BCUT2D eigenvalue weighted by Crippen LogP contribution is 2.42. The highest BCUT2D eigenvalue weighted by atomic mass is 79.9. The van der Waals surface area contributed by atoms with Crippen molar-refractivity contribution < 1.29 is 22.0 Å². The van der Waals surface area contributed by atoms with Gasteiger partial charge < -0.3 is 0 Å². The Bertz CT molecular complexity index is 146. The summed E-state index contributed by atoms with van der Waals surface area (Å²) in [7, 11) is 0. The highest BCUT2D eigenvalue weighted by molar-refractivity contribution is 9.11. The summed E-state index contributed by atoms with van der Waals surface area (Å²) in [6, 6.07) is 0. The first-order chi connectivity index (χ1) is 4.19. The minimum Gasteiger partial charge on any atom is -0.190 e. The maximum atomic E-state index is 11.8. The number of halogens is 6. The van der Waals surface area contributed by atoms with Crippen molar-refractivity contribution in [3.05, 3.63) is 11.1 Å². The molecule has 0 aromatic carbocycles. The molecule has 0 amide bonds. The molecule has 10 heavy (non-hydrogen) atoms. The number of hydrogen-bond donors (Lipinski definition) is 0. The van der Waals surface area contributed by atoms with Crippen molar-refractivity contribution in [1.82, 2.24) is 0 Å². The van der Waals surface area contributed by atoms with E-state index in [4.69, 9.17) is 0 Å². The number of alkyl halides is 5. The zero-order valence-corrected chi connectivity index (χ0v) is 6.06. The van der Waals surface area contributed by atoms with Gasteiger partial charge in [0, 0.05) is 0 Å². The van der Waals surface area contributed by atoms with Gasteiger partial charge in [0.2, 0.25) is 0 Å². The first-order valence-corrected chi connectivity index (χ1v) is 2.78. The van der Waals surface area contributed by atoms with E-state index in [1.54, 1.807) is 0 Å². The molecule has 0 unspecified atom stereocenters. The third-order valence-corrected chi connectivity index (χ3v) is 1.19. The summed E-state index contributed by atoms with van der Waals surface area (Å²) < 4.78 is 55.9. The molecule has 0 spiro atoms. The Morgan fingerprint density at radius 2 is 1.40 bits per heavy atom. The van der Waals surface area contributed by atoms with Crippen molar-refractivity contribution in [3.63, 3.8) is 0 Å². The Balaban J connectivity index is 4.57. The molecular formula is C4H2BrF5. The Morgan fingerprint density at radius 3 is 1.40 bits per heavy atom. The molecule has 0 saturated carbocycles. The second kappa shape index (κ2) is 2.48. The fourth-order valence-electron chi connectivity index (χ4n) is 0.154. The topological polar surface area (TPSA) is 0 Å². The van der Waals surface area contributed by atoms with E-state index in [0.29, 0.717) is 0 Å². The molecule has 0 N–H and O–H groups in total. The van der Waals surface area contributed by atoms with E-state index < -0.39 is 16.6 Å². The predicted molar refractivity (Wildman–Crippen MR) is 29.1 cm³/mol. The Hall–Kier alpha value is -0.130. The minimum atomic E-state index is -5.56. The zero-order chi connectivity index (χ0) is 8.58. The van der Waals surface area contributed by atoms with Crippen LogP contribution in [0, 0.1) is 0 Å². The molecule has 0 aliphatic rings. The van der Waals surface area contributed by atoms with Crippen LogP contribution in [0.4, 0.5) is 22.0 Å². The van der Waals surface area contributed by atoms with E-state index in [1.807, 2.05) is 15.9 Å². The van der Waals surface area contributed by atoms with Crippen LogP contribution in [0.2, 0.25) is 0 Å². The van der Waals surface area contributed by atoms with Crippen molar-refractivity contribution in [2.75, 3.05) is 0 Å². The van der Waals surface area contributed by atoms with Gasteiger partial charge in [-0.05, 0) is 15.9 Å². The summed E-state index contributed by atoms with van der Waals surface area (Å²) in [5.41, 5.74) is 0. The Morgan fingerprint density at radius 1 is 1.10 bits per heavy atom. The van der Waals surface area contributed by atoms with Gasteiger partial charge in [-0.2, -0.15) is 22.0 Å². The van der Waals surface area contributed by atoms with Gasteiger partial charge in [-0.15, -0.1) is 0 Å². The van der Waals surface area contributed by atoms with Gasteiger partial charge in [0.15, 0.2) is 0 Å². The van der Waals surface area contributed by atoms with Crippen molar-refractivity contribution >= 4 is 15.9 Å². The average Bonchev–Trinajstić information content (AvgIpc) is 1.62. The molecule has 6 heteroatoms. The second-order valence-corrected chi connectivity index (χ2v) is 2.43. The van der Waals surface area contributed by atoms with E-state index in [9.17, 15) is 22.0 Å². The molecule has 0 aromatic rings. The van der Waals surface area contributed by atoms with E-state index >= 15 is 0 Å². The molecule has 0 aliphatic heterocycles. The predicted octanol–water partition coefficient (Wildman–Crippen LogP) is 3.09. The summed E-state index contributed by atoms with van der Waals surface area (Å²) in [4.78, 5) is 0. The van der Waals surface area contributed by atoms with Crippen LogP contribution in [0.25, 0.3) is 0 Å². The zero-order valence-electron chi connectivity index (χ0n) is 4.47. The first-order valence-electron chi connectivity index (χ1n) is 1.99. The van der Waals surface area contributed by atoms with Gasteiger partial charge in [0.1, 0.15) is 0 Å². The summed E-state index contributed by atoms with van der Waals surface area (Å²) in [5.74, 6) is -4.84. The van der Waals surface area contributed by atoms with Gasteiger partial charge >= 0.3 is 12.1 Å². The van der Waals surface area contributed by atoms with Crippen LogP contribution in [0.1, 0.15) is 0 Å². The SMILES string of the molecule is C=C(Br)C(F)(F)C(F)(F)F. The number of allylic oxidation sites excluding steroid dienone is 1. The highest BCUT2D eigenvalue weighted by Gasteiger charge is 2.58. The van der Waals surface area contributed by atoms with Crippen LogP contribution in [0.15, 0.2) is 11.1 Å². The average molecular weight is 225 g/mol. The fraction of sp³-hybridized carbons (Fsp3) is 0.500. The monoisotopic (exact) mass is 224 g/mol. The maximum absolute atomic E-state index is 11.8. The lowest BCUT2D eigenvalue weighted by Gasteiger charge is -2.17. The van der Waals surface area contributed by atoms with Crippen LogP contribution < -0.4 is 0 Å². The first kappa shape index (κ1) is 9.87. The molecular weight excluding hydrogens is 223 g/mol. The summed E-state index contributed by atoms with van der Waals surface area (Å²) in [6.07, 6.45) is -5.56. The van der Waals surface area contributed by atoms with Crippen molar-refractivity contribution in [2.24, 2.45) is 0 Å². The van der Waals surface area contributed by atoms with E-state index in [1.165, 1.54) is 0 Å². The molecule has 0 radical (unpaired) electrons. The van der Waals surface area contributed by atoms with Gasteiger partial charge in [-0.1, -0.05) is 6.58 Å². The third-order valence-electron chi connectivity index (χ3n) is 0.697. The van der Waals surface area contributed by atoms with Crippen molar-refractivity contribution in [3.8, 4) is 0 Å². The fourth-order valence-corrected chi connectivity index (χ4v) is 0.379. The lowest BCUT2D eigenvalue weighted by molar-refractivity contribution is -0.260. The van der Waals surface area contributed by atoms with Gasteiger partial charge in [-0.25, -0.2) is 0 Å². The summed E-state index contributed by atoms with van der Waals surface area (Å²) in [6.45, 7) is 2.44. The molecule has 0 nitrogen and oxygen atoms in total. The van der Waals surface area contributed by atoms with Crippen molar-refractivity contribution in [2.45, 2.75) is 12.1 Å². The van der Waals surface area contributed by atoms with Gasteiger partial charge in [0.25, 0.3) is 0 Å². The van der Waals surface area contributed by atoms with Crippen LogP contribution >= 0.6 is 15.9 Å². The quantitative estimate of drug-likeness (QED) is 0.601. The van der Waals surface area contributed by atoms with Crippen LogP contribution in [-0.4, -0.2) is 12.1 Å². The molecule has 0 saturated heterocycles. The van der Waals surface area contributed by atoms with E-state index in [0.717, 1.165) is 0 Å². The molecule has 60 valence electrons. The Labute approximate surface area is 61.8 Å². The summed E-state index contributed by atoms with van der Waals surface area (Å²) >= 11 is 1.97. The maximum Gasteiger partial charge on any atom is 0.458 e. The lowest BCUT2D eigenvalue weighted by Crippen LogP contribution is -2.36. The standard InChI is InChI=1S/C4H2BrF5/c1-2(5)3(6,7)4(8,9)10/h1H2. The van der Waals surface area contributed by atoms with E-state index in [2.05, 4.69) is 6.58 Å². The second-order valence-electron chi connectivity index (χ2n) is 1.48. The minimum absolute atomic E-state index is 1.38. The lowest BCUT2D eigenvalue weighted by atomic mass is 10.3. The van der Waals surface area contributed by atoms with Crippen LogP contribution in [-0.2, 0) is 0 Å². The Kier molecular flexibility index (Phi) is 2.45. The number of rotatable bonds is 1. The smallest absolute Gasteiger partial charge is 0.190 e. The molecule has 0 atom stereocenters. The summed E-state index contributed by atoms with van der Waals surface area (Å²) in [5, 5.41) is 0. The van der Waals surface area contributed by atoms with Crippen molar-refractivity contribution in [1.29, 1.82) is 0 Å².